The van der Waals surface area contributed by atoms with Crippen LogP contribution in [0, 0.1) is 0 Å². The van der Waals surface area contributed by atoms with Crippen molar-refractivity contribution >= 4 is 63.5 Å². The number of nitrogens with one attached hydrogen (secondary N) is 2. The lowest BCUT2D eigenvalue weighted by Gasteiger charge is -2.51. The number of carboxylic acids is 1. The van der Waals surface area contributed by atoms with Crippen molar-refractivity contribution in [2.24, 2.45) is 12.2 Å². The number of amides is 2. The Morgan fingerprint density at radius 2 is 2.11 bits per heavy atom. The van der Waals surface area contributed by atoms with Crippen LogP contribution >= 0.6 is 34.9 Å². The fraction of sp³-hybridized carbons (Fsp3) is 0.333. The van der Waals surface area contributed by atoms with Gasteiger partial charge in [0.1, 0.15) is 24.2 Å². The smallest absolute Gasteiger partial charge is 0.339 e. The number of hydrogen-bond acceptors (Lipinski definition) is 13. The molecule has 15 nitrogen and oxygen atoms in total. The topological polar surface area (TPSA) is 215 Å². The molecule has 1 fully saturated rings. The molecular weight excluding hydrogens is 536 g/mol. The van der Waals surface area contributed by atoms with Gasteiger partial charge in [0.2, 0.25) is 5.91 Å². The molecule has 0 spiro atoms. The molecule has 2 aliphatic rings. The second-order valence-corrected chi connectivity index (χ2v) is 10.2. The number of anilines is 1. The number of nitrogens with two attached hydrogens (primary N) is 1. The highest BCUT2D eigenvalue weighted by Crippen LogP contribution is 2.41. The van der Waals surface area contributed by atoms with Crippen LogP contribution in [0.5, 0.6) is 0 Å². The van der Waals surface area contributed by atoms with Crippen LogP contribution in [0.1, 0.15) is 5.69 Å². The Morgan fingerprint density at radius 1 is 1.36 bits per heavy atom. The first-order valence-corrected chi connectivity index (χ1v) is 12.8. The molecule has 2 amide bonds. The summed E-state index contributed by atoms with van der Waals surface area (Å²) >= 11 is 3.29. The van der Waals surface area contributed by atoms with Crippen LogP contribution < -0.4 is 22.2 Å². The van der Waals surface area contributed by atoms with E-state index in [1.54, 1.807) is 5.41 Å². The molecule has 190 valence electrons. The number of carboxylic acid groups (broad SMARTS) is 1. The minimum absolute atomic E-state index is 0.0830. The average molecular weight is 555 g/mol. The van der Waals surface area contributed by atoms with Gasteiger partial charge in [0.25, 0.3) is 5.91 Å². The van der Waals surface area contributed by atoms with E-state index in [0.717, 1.165) is 23.1 Å². The van der Waals surface area contributed by atoms with Crippen molar-refractivity contribution < 1.29 is 24.3 Å². The average Bonchev–Trinajstić information content (AvgIpc) is 3.27. The molecule has 1 saturated heterocycles. The quantitative estimate of drug-likeness (QED) is 0.0953. The van der Waals surface area contributed by atoms with E-state index < -0.39 is 46.4 Å². The summed E-state index contributed by atoms with van der Waals surface area (Å²) in [4.78, 5) is 74.3. The van der Waals surface area contributed by atoms with E-state index in [2.05, 4.69) is 25.5 Å². The molecule has 1 unspecified atom stereocenters. The zero-order chi connectivity index (χ0) is 26.1. The number of thiazole rings is 1. The monoisotopic (exact) mass is 554 g/mol. The number of aromatic nitrogens is 4. The molecule has 0 aromatic carbocycles. The molecular formula is C18H18N8O7S3. The molecule has 0 radical (unpaired) electrons. The third-order valence-electron chi connectivity index (χ3n) is 5.07. The van der Waals surface area contributed by atoms with Gasteiger partial charge < -0.3 is 25.9 Å². The predicted octanol–water partition coefficient (Wildman–Crippen LogP) is -1.61. The normalized spacial score (nSPS) is 21.3. The fourth-order valence-electron chi connectivity index (χ4n) is 3.47. The fourth-order valence-corrected chi connectivity index (χ4v) is 6.27. The summed E-state index contributed by atoms with van der Waals surface area (Å²) in [6.45, 7) is 0. The van der Waals surface area contributed by atoms with Gasteiger partial charge in [-0.2, -0.15) is 4.98 Å². The van der Waals surface area contributed by atoms with Crippen LogP contribution in [0.15, 0.2) is 36.3 Å². The molecule has 0 aliphatic carbocycles. The zero-order valence-electron chi connectivity index (χ0n) is 18.5. The number of hydrogen-bond donors (Lipinski definition) is 4. The Kier molecular flexibility index (Phi) is 7.18. The van der Waals surface area contributed by atoms with Gasteiger partial charge >= 0.3 is 17.1 Å². The Balaban J connectivity index is 1.50. The number of carbonyl (C=O) groups is 3. The van der Waals surface area contributed by atoms with E-state index in [9.17, 15) is 29.1 Å². The molecule has 5 N–H and O–H groups in total. The van der Waals surface area contributed by atoms with Gasteiger partial charge in [0.15, 0.2) is 22.0 Å². The van der Waals surface area contributed by atoms with Crippen LogP contribution in [0.25, 0.3) is 0 Å². The highest BCUT2D eigenvalue weighted by Gasteiger charge is 2.56. The number of β-lactam (4-membered cyclic amide) rings is 1. The summed E-state index contributed by atoms with van der Waals surface area (Å²) in [5.41, 5.74) is 4.14. The van der Waals surface area contributed by atoms with Gasteiger partial charge in [-0.1, -0.05) is 16.9 Å². The first kappa shape index (κ1) is 25.5. The lowest BCUT2D eigenvalue weighted by molar-refractivity contribution is -0.159. The van der Waals surface area contributed by atoms with Crippen molar-refractivity contribution in [3.63, 3.8) is 0 Å². The summed E-state index contributed by atoms with van der Waals surface area (Å²) in [7, 11) is 2.73. The van der Waals surface area contributed by atoms with Crippen molar-refractivity contribution in [2.75, 3.05) is 18.6 Å². The van der Waals surface area contributed by atoms with Gasteiger partial charge in [0, 0.05) is 18.2 Å². The number of aryl methyl sites for hydroxylation is 1. The van der Waals surface area contributed by atoms with Crippen LogP contribution in [-0.2, 0) is 26.3 Å². The summed E-state index contributed by atoms with van der Waals surface area (Å²) in [6.07, 6.45) is 0. The molecule has 2 aromatic heterocycles. The molecule has 4 heterocycles. The lowest BCUT2D eigenvalue weighted by atomic mass is 9.98. The van der Waals surface area contributed by atoms with Gasteiger partial charge in [-0.3, -0.25) is 29.0 Å². The minimum atomic E-state index is -1.28. The van der Waals surface area contributed by atoms with E-state index in [-0.39, 0.29) is 27.4 Å². The van der Waals surface area contributed by atoms with Gasteiger partial charge in [-0.05, 0) is 11.0 Å². The number of nitrogen functional groups attached to an aromatic ring is 1. The van der Waals surface area contributed by atoms with E-state index in [1.807, 2.05) is 0 Å². The summed E-state index contributed by atoms with van der Waals surface area (Å²) in [6, 6.07) is -2.29. The van der Waals surface area contributed by atoms with Crippen LogP contribution in [0.4, 0.5) is 5.13 Å². The van der Waals surface area contributed by atoms with Crippen LogP contribution in [0.3, 0.4) is 0 Å². The molecule has 2 aromatic rings. The molecule has 3 atom stereocenters. The highest BCUT2D eigenvalue weighted by molar-refractivity contribution is 8.03. The standard InChI is InChI=1S/C18H18N8O7S3/c1-25-18(22-12(28)13(29)23-25)36-4-6-3-34-15-9(14(30)26(15)10(6)16(31)32)21-11(27)8(24-33-2)7-5-35-17(19)20-7/h3,5,9-10,15H,4H2,1-2H3,(H2,19,20)(H,21,27)(H,23,29)(H,31,32)/b24-8-/t9-,10?,15-/m1/s1. The summed E-state index contributed by atoms with van der Waals surface area (Å²) in [5, 5.41) is 21.2. The largest absolute Gasteiger partial charge is 0.479 e. The minimum Gasteiger partial charge on any atom is -0.479 e. The number of nitrogens with zero attached hydrogens (tertiary/aromatic N) is 5. The SMILES string of the molecule is CO/N=C(\C(=O)N[C@@H]1C(=O)N2C(C(=O)O)C(CSc3nc(=O)c(=O)[nH]n3C)=CS[C@H]12)c1csc(N)n1. The van der Waals surface area contributed by atoms with E-state index in [1.165, 1.54) is 40.9 Å². The number of aliphatic carboxylic acids is 1. The van der Waals surface area contributed by atoms with Crippen molar-refractivity contribution in [1.82, 2.24) is 30.0 Å². The third-order valence-corrected chi connectivity index (χ3v) is 8.06. The highest BCUT2D eigenvalue weighted by atomic mass is 32.2. The van der Waals surface area contributed by atoms with Crippen molar-refractivity contribution in [3.05, 3.63) is 42.8 Å². The van der Waals surface area contributed by atoms with E-state index >= 15 is 0 Å². The first-order chi connectivity index (χ1) is 17.1. The number of rotatable bonds is 8. The lowest BCUT2D eigenvalue weighted by Crippen LogP contribution is -2.74. The maximum absolute atomic E-state index is 12.9. The van der Waals surface area contributed by atoms with E-state index in [4.69, 9.17) is 10.6 Å². The molecule has 0 bridgehead atoms. The molecule has 36 heavy (non-hydrogen) atoms. The van der Waals surface area contributed by atoms with Gasteiger partial charge in [-0.15, -0.1) is 23.1 Å². The van der Waals surface area contributed by atoms with Crippen molar-refractivity contribution in [1.29, 1.82) is 0 Å². The zero-order valence-corrected chi connectivity index (χ0v) is 21.0. The molecule has 0 saturated carbocycles. The van der Waals surface area contributed by atoms with Crippen LogP contribution in [-0.4, -0.2) is 83.6 Å². The number of thioether (sulfide) groups is 2. The Hall–Kier alpha value is -3.64. The summed E-state index contributed by atoms with van der Waals surface area (Å²) in [5.74, 6) is -2.50. The van der Waals surface area contributed by atoms with Crippen molar-refractivity contribution in [3.8, 4) is 0 Å². The number of H-pyrrole nitrogens is 1. The third kappa shape index (κ3) is 4.73. The number of aromatic amines is 1. The molecule has 18 heteroatoms. The van der Waals surface area contributed by atoms with Crippen molar-refractivity contribution in [2.45, 2.75) is 22.6 Å². The van der Waals surface area contributed by atoms with Gasteiger partial charge in [-0.25, -0.2) is 9.78 Å². The summed E-state index contributed by atoms with van der Waals surface area (Å²) < 4.78 is 1.25. The maximum atomic E-state index is 12.9. The van der Waals surface area contributed by atoms with Gasteiger partial charge in [0.05, 0.1) is 0 Å². The van der Waals surface area contributed by atoms with E-state index in [0.29, 0.717) is 5.57 Å². The number of carbonyl (C=O) groups excluding carboxylic acids is 2. The number of fused-ring (bicyclic) bond motifs is 1. The number of oxime groups is 1. The predicted molar refractivity (Wildman–Crippen MR) is 131 cm³/mol. The Labute approximate surface area is 213 Å². The second-order valence-electron chi connectivity index (χ2n) is 7.34. The first-order valence-electron chi connectivity index (χ1n) is 9.95. The Morgan fingerprint density at radius 3 is 2.75 bits per heavy atom. The molecule has 4 rings (SSSR count). The molecule has 2 aliphatic heterocycles. The van der Waals surface area contributed by atoms with Crippen LogP contribution in [0.2, 0.25) is 0 Å². The maximum Gasteiger partial charge on any atom is 0.339 e. The Bertz CT molecular complexity index is 1410. The second kappa shape index (κ2) is 10.2.